The van der Waals surface area contributed by atoms with Gasteiger partial charge in [0.25, 0.3) is 5.56 Å². The Kier molecular flexibility index (Phi) is 3.16. The molecule has 126 valence electrons. The molecule has 1 aliphatic carbocycles. The van der Waals surface area contributed by atoms with Crippen LogP contribution in [0, 0.1) is 11.6 Å². The number of anilines is 1. The summed E-state index contributed by atoms with van der Waals surface area (Å²) in [5.41, 5.74) is -0.972. The van der Waals surface area contributed by atoms with Crippen LogP contribution in [0.3, 0.4) is 0 Å². The number of fused-ring (bicyclic) bond motifs is 1. The summed E-state index contributed by atoms with van der Waals surface area (Å²) in [6, 6.07) is 3.29. The van der Waals surface area contributed by atoms with Crippen LogP contribution in [-0.4, -0.2) is 9.55 Å². The van der Waals surface area contributed by atoms with E-state index in [9.17, 15) is 18.4 Å². The topological polar surface area (TPSA) is 66.9 Å². The van der Waals surface area contributed by atoms with Gasteiger partial charge in [-0.1, -0.05) is 0 Å². The predicted octanol–water partition coefficient (Wildman–Crippen LogP) is 2.42. The van der Waals surface area contributed by atoms with E-state index in [1.54, 1.807) is 6.92 Å². The van der Waals surface area contributed by atoms with E-state index >= 15 is 0 Å². The van der Waals surface area contributed by atoms with E-state index in [1.807, 2.05) is 0 Å². The van der Waals surface area contributed by atoms with Gasteiger partial charge in [0.15, 0.2) is 0 Å². The number of nitrogens with one attached hydrogen (secondary N) is 2. The van der Waals surface area contributed by atoms with Crippen LogP contribution in [0.25, 0.3) is 0 Å². The standard InChI is InChI=1S/C17H17F2N3O2/c1-17(12-8-9(18)2-5-13(12)19)7-6-11-14(21-17)20-16(24)22(15(11)23)10-3-4-10/h2,5,8,10,21H,3-4,6-7H2,1H3,(H,20,24)/t17-/m1/s1. The Morgan fingerprint density at radius 3 is 2.71 bits per heavy atom. The normalized spacial score (nSPS) is 22.8. The molecule has 5 nitrogen and oxygen atoms in total. The molecular weight excluding hydrogens is 316 g/mol. The van der Waals surface area contributed by atoms with Crippen LogP contribution in [0.15, 0.2) is 27.8 Å². The quantitative estimate of drug-likeness (QED) is 0.887. The maximum absolute atomic E-state index is 14.2. The number of nitrogens with zero attached hydrogens (tertiary/aromatic N) is 1. The van der Waals surface area contributed by atoms with E-state index in [0.29, 0.717) is 24.2 Å². The fraction of sp³-hybridized carbons (Fsp3) is 0.412. The van der Waals surface area contributed by atoms with Crippen LogP contribution in [0.5, 0.6) is 0 Å². The van der Waals surface area contributed by atoms with Crippen LogP contribution >= 0.6 is 0 Å². The first-order chi connectivity index (χ1) is 11.4. The van der Waals surface area contributed by atoms with Crippen molar-refractivity contribution in [3.05, 3.63) is 61.8 Å². The molecule has 24 heavy (non-hydrogen) atoms. The Bertz CT molecular complexity index is 946. The first-order valence-electron chi connectivity index (χ1n) is 8.00. The number of halogens is 2. The maximum atomic E-state index is 14.2. The number of benzene rings is 1. The predicted molar refractivity (Wildman–Crippen MR) is 85.2 cm³/mol. The molecule has 4 rings (SSSR count). The van der Waals surface area contributed by atoms with Crippen molar-refractivity contribution in [3.8, 4) is 0 Å². The fourth-order valence-corrected chi connectivity index (χ4v) is 3.43. The SMILES string of the molecule is C[C@]1(c2cc(F)ccc2F)CCc2c([nH]c(=O)n(C3CC3)c2=O)N1. The summed E-state index contributed by atoms with van der Waals surface area (Å²) in [5.74, 6) is -0.749. The summed E-state index contributed by atoms with van der Waals surface area (Å²) in [6.45, 7) is 1.73. The molecule has 1 fully saturated rings. The summed E-state index contributed by atoms with van der Waals surface area (Å²) in [6.07, 6.45) is 2.48. The van der Waals surface area contributed by atoms with Gasteiger partial charge in [-0.3, -0.25) is 14.3 Å². The Balaban J connectivity index is 1.80. The Morgan fingerprint density at radius 1 is 1.25 bits per heavy atom. The molecular formula is C17H17F2N3O2. The largest absolute Gasteiger partial charge is 0.362 e. The molecule has 1 atom stereocenters. The summed E-state index contributed by atoms with van der Waals surface area (Å²) >= 11 is 0. The van der Waals surface area contributed by atoms with Gasteiger partial charge in [0.2, 0.25) is 0 Å². The van der Waals surface area contributed by atoms with Crippen molar-refractivity contribution in [1.82, 2.24) is 9.55 Å². The number of aromatic amines is 1. The monoisotopic (exact) mass is 333 g/mol. The minimum Gasteiger partial charge on any atom is -0.362 e. The molecule has 1 aromatic heterocycles. The highest BCUT2D eigenvalue weighted by molar-refractivity contribution is 5.50. The highest BCUT2D eigenvalue weighted by atomic mass is 19.1. The van der Waals surface area contributed by atoms with Gasteiger partial charge in [-0.15, -0.1) is 0 Å². The van der Waals surface area contributed by atoms with Crippen LogP contribution in [0.1, 0.15) is 43.4 Å². The lowest BCUT2D eigenvalue weighted by Crippen LogP contribution is -2.44. The lowest BCUT2D eigenvalue weighted by Gasteiger charge is -2.37. The number of hydrogen-bond donors (Lipinski definition) is 2. The van der Waals surface area contributed by atoms with Crippen molar-refractivity contribution in [2.75, 3.05) is 5.32 Å². The smallest absolute Gasteiger partial charge is 0.330 e. The highest BCUT2D eigenvalue weighted by Crippen LogP contribution is 2.37. The van der Waals surface area contributed by atoms with Gasteiger partial charge in [-0.2, -0.15) is 0 Å². The number of hydrogen-bond acceptors (Lipinski definition) is 3. The van der Waals surface area contributed by atoms with Crippen LogP contribution < -0.4 is 16.6 Å². The fourth-order valence-electron chi connectivity index (χ4n) is 3.43. The van der Waals surface area contributed by atoms with Crippen molar-refractivity contribution >= 4 is 5.82 Å². The van der Waals surface area contributed by atoms with E-state index in [1.165, 1.54) is 4.57 Å². The van der Waals surface area contributed by atoms with Gasteiger partial charge in [-0.25, -0.2) is 13.6 Å². The third-order valence-corrected chi connectivity index (χ3v) is 4.94. The van der Waals surface area contributed by atoms with Gasteiger partial charge in [0, 0.05) is 11.6 Å². The van der Waals surface area contributed by atoms with Gasteiger partial charge in [0.05, 0.1) is 11.1 Å². The zero-order valence-corrected chi connectivity index (χ0v) is 13.2. The first-order valence-corrected chi connectivity index (χ1v) is 8.00. The number of H-pyrrole nitrogens is 1. The molecule has 0 bridgehead atoms. The maximum Gasteiger partial charge on any atom is 0.330 e. The Hall–Kier alpha value is -2.44. The molecule has 1 saturated carbocycles. The number of rotatable bonds is 2. The minimum atomic E-state index is -0.902. The van der Waals surface area contributed by atoms with Crippen molar-refractivity contribution in [2.45, 2.75) is 44.2 Å². The van der Waals surface area contributed by atoms with Crippen molar-refractivity contribution in [1.29, 1.82) is 0 Å². The van der Waals surface area contributed by atoms with Crippen molar-refractivity contribution in [3.63, 3.8) is 0 Å². The molecule has 0 spiro atoms. The minimum absolute atomic E-state index is 0.0134. The lowest BCUT2D eigenvalue weighted by atomic mass is 9.83. The molecule has 2 aliphatic rings. The molecule has 1 aliphatic heterocycles. The average Bonchev–Trinajstić information content (AvgIpc) is 3.34. The Labute approximate surface area is 136 Å². The van der Waals surface area contributed by atoms with E-state index in [4.69, 9.17) is 0 Å². The molecule has 1 aromatic carbocycles. The summed E-state index contributed by atoms with van der Waals surface area (Å²) in [4.78, 5) is 27.4. The number of aromatic nitrogens is 2. The van der Waals surface area contributed by atoms with Crippen molar-refractivity contribution in [2.24, 2.45) is 0 Å². The molecule has 2 aromatic rings. The molecule has 0 amide bonds. The van der Waals surface area contributed by atoms with E-state index in [-0.39, 0.29) is 17.2 Å². The van der Waals surface area contributed by atoms with E-state index in [0.717, 1.165) is 31.0 Å². The van der Waals surface area contributed by atoms with Gasteiger partial charge in [0.1, 0.15) is 17.5 Å². The average molecular weight is 333 g/mol. The third kappa shape index (κ3) is 2.26. The summed E-state index contributed by atoms with van der Waals surface area (Å²) in [5, 5.41) is 3.05. The molecule has 0 unspecified atom stereocenters. The molecule has 0 saturated heterocycles. The molecule has 2 N–H and O–H groups in total. The van der Waals surface area contributed by atoms with Crippen LogP contribution in [0.2, 0.25) is 0 Å². The second-order valence-corrected chi connectivity index (χ2v) is 6.77. The van der Waals surface area contributed by atoms with Gasteiger partial charge < -0.3 is 5.32 Å². The molecule has 2 heterocycles. The highest BCUT2D eigenvalue weighted by Gasteiger charge is 2.37. The van der Waals surface area contributed by atoms with Gasteiger partial charge in [-0.05, 0) is 50.8 Å². The summed E-state index contributed by atoms with van der Waals surface area (Å²) < 4.78 is 29.0. The van der Waals surface area contributed by atoms with Crippen molar-refractivity contribution < 1.29 is 8.78 Å². The van der Waals surface area contributed by atoms with Crippen LogP contribution in [0.4, 0.5) is 14.6 Å². The van der Waals surface area contributed by atoms with Gasteiger partial charge >= 0.3 is 5.69 Å². The lowest BCUT2D eigenvalue weighted by molar-refractivity contribution is 0.438. The Morgan fingerprint density at radius 2 is 2.00 bits per heavy atom. The first kappa shape index (κ1) is 15.1. The third-order valence-electron chi connectivity index (χ3n) is 4.94. The summed E-state index contributed by atoms with van der Waals surface area (Å²) in [7, 11) is 0. The zero-order chi connectivity index (χ0) is 17.1. The van der Waals surface area contributed by atoms with Crippen LogP contribution in [-0.2, 0) is 12.0 Å². The van der Waals surface area contributed by atoms with E-state index in [2.05, 4.69) is 10.3 Å². The second kappa shape index (κ2) is 5.03. The zero-order valence-electron chi connectivity index (χ0n) is 13.2. The molecule has 7 heteroatoms. The second-order valence-electron chi connectivity index (χ2n) is 6.77. The molecule has 0 radical (unpaired) electrons. The van der Waals surface area contributed by atoms with E-state index < -0.39 is 22.9 Å².